The van der Waals surface area contributed by atoms with Crippen LogP contribution in [-0.4, -0.2) is 73.2 Å². The quantitative estimate of drug-likeness (QED) is 0.378. The second-order valence-corrected chi connectivity index (χ2v) is 11.9. The lowest BCUT2D eigenvalue weighted by atomic mass is 9.89. The van der Waals surface area contributed by atoms with Crippen molar-refractivity contribution in [2.45, 2.75) is 63.6 Å². The summed E-state index contributed by atoms with van der Waals surface area (Å²) in [6.45, 7) is 9.17. The first-order valence-corrected chi connectivity index (χ1v) is 15.1. The molecule has 1 aliphatic heterocycles. The van der Waals surface area contributed by atoms with Crippen LogP contribution in [0.5, 0.6) is 0 Å². The van der Waals surface area contributed by atoms with Gasteiger partial charge in [0.15, 0.2) is 0 Å². The molecule has 1 aromatic carbocycles. The van der Waals surface area contributed by atoms with E-state index in [-0.39, 0.29) is 24.0 Å². The second kappa shape index (κ2) is 13.3. The van der Waals surface area contributed by atoms with Gasteiger partial charge in [0.25, 0.3) is 0 Å². The summed E-state index contributed by atoms with van der Waals surface area (Å²) >= 11 is 0. The summed E-state index contributed by atoms with van der Waals surface area (Å²) in [5.74, 6) is 1.05. The van der Waals surface area contributed by atoms with Gasteiger partial charge in [-0.25, -0.2) is 9.78 Å². The van der Waals surface area contributed by atoms with Gasteiger partial charge in [-0.15, -0.1) is 0 Å². The third-order valence-electron chi connectivity index (χ3n) is 8.77. The summed E-state index contributed by atoms with van der Waals surface area (Å²) in [4.78, 5) is 37.1. The maximum atomic E-state index is 13.7. The molecular weight excluding hydrogens is 528 g/mol. The molecule has 42 heavy (non-hydrogen) atoms. The van der Waals surface area contributed by atoms with Gasteiger partial charge in [0.1, 0.15) is 11.9 Å². The molecule has 2 heterocycles. The molecule has 10 heteroatoms. The number of piperazine rings is 1. The number of likely N-dealkylation sites (N-methyl/N-ethyl adjacent to an activating group) is 1. The second-order valence-electron chi connectivity index (χ2n) is 11.9. The number of carbonyl (C=O) groups is 2. The fourth-order valence-corrected chi connectivity index (χ4v) is 5.87. The number of aromatic nitrogens is 1. The Balaban J connectivity index is 1.36. The lowest BCUT2D eigenvalue weighted by Crippen LogP contribution is -2.50. The van der Waals surface area contributed by atoms with Crippen LogP contribution in [0.2, 0.25) is 0 Å². The molecule has 2 aromatic rings. The number of hydrogen-bond acceptors (Lipinski definition) is 7. The number of benzene rings is 1. The Bertz CT molecular complexity index is 1310. The molecule has 0 unspecified atom stereocenters. The number of nitrogens with one attached hydrogen (secondary N) is 3. The van der Waals surface area contributed by atoms with Crippen LogP contribution in [0.15, 0.2) is 49.2 Å². The summed E-state index contributed by atoms with van der Waals surface area (Å²) in [6, 6.07) is 12.3. The average Bonchev–Trinajstić information content (AvgIpc) is 3.84. The van der Waals surface area contributed by atoms with Crippen molar-refractivity contribution in [2.75, 3.05) is 53.7 Å². The number of rotatable bonds is 9. The number of carbonyl (C=O) groups excluding carboxylic acids is 2. The minimum Gasteiger partial charge on any atom is -0.367 e. The summed E-state index contributed by atoms with van der Waals surface area (Å²) in [5, 5.41) is 18.7. The van der Waals surface area contributed by atoms with Crippen LogP contribution in [0.1, 0.15) is 51.0 Å². The molecule has 222 valence electrons. The number of nitrogens with zero attached hydrogens (tertiary/aromatic N) is 5. The van der Waals surface area contributed by atoms with Crippen molar-refractivity contribution in [3.05, 3.63) is 54.7 Å². The van der Waals surface area contributed by atoms with Gasteiger partial charge in [-0.1, -0.05) is 6.58 Å². The van der Waals surface area contributed by atoms with E-state index >= 15 is 0 Å². The Morgan fingerprint density at radius 2 is 1.93 bits per heavy atom. The van der Waals surface area contributed by atoms with E-state index in [9.17, 15) is 9.59 Å². The van der Waals surface area contributed by atoms with Gasteiger partial charge in [-0.2, -0.15) is 5.26 Å². The van der Waals surface area contributed by atoms with E-state index in [4.69, 9.17) is 5.26 Å². The molecular formula is C32H42N8O2. The standard InChI is InChI=1S/C32H42N8O2/c1-4-31(41)37-28-17-27(12-13-29(28)39-16-15-38(3)22(2)21-39)40(32(42)35-19-23-5-6-23)26-10-8-25(9-11-26)36-30-14-7-24(18-33)20-34-30/h4,7,12-14,17,20,22-23,25-26H,1,5-6,8-11,15-16,19,21H2,2-3H3,(H,34,36)(H,35,42)(H,37,41)/t22-,25?,26?/m0/s1. The minimum absolute atomic E-state index is 0.0219. The molecule has 2 aliphatic carbocycles. The molecule has 1 atom stereocenters. The Morgan fingerprint density at radius 3 is 2.57 bits per heavy atom. The highest BCUT2D eigenvalue weighted by molar-refractivity contribution is 6.02. The number of amides is 3. The molecule has 5 rings (SSSR count). The van der Waals surface area contributed by atoms with E-state index in [0.717, 1.165) is 75.4 Å². The highest BCUT2D eigenvalue weighted by atomic mass is 16.2. The molecule has 10 nitrogen and oxygen atoms in total. The zero-order valence-electron chi connectivity index (χ0n) is 24.7. The Labute approximate surface area is 248 Å². The molecule has 3 amide bonds. The molecule has 3 fully saturated rings. The maximum Gasteiger partial charge on any atom is 0.322 e. The van der Waals surface area contributed by atoms with E-state index < -0.39 is 0 Å². The molecule has 1 aromatic heterocycles. The molecule has 3 aliphatic rings. The van der Waals surface area contributed by atoms with Gasteiger partial charge in [0.2, 0.25) is 5.91 Å². The van der Waals surface area contributed by atoms with Crippen LogP contribution in [0.4, 0.5) is 27.7 Å². The largest absolute Gasteiger partial charge is 0.367 e. The maximum absolute atomic E-state index is 13.7. The Kier molecular flexibility index (Phi) is 9.28. The predicted octanol–water partition coefficient (Wildman–Crippen LogP) is 4.57. The third kappa shape index (κ3) is 7.21. The molecule has 0 radical (unpaired) electrons. The Hall–Kier alpha value is -4.10. The zero-order valence-corrected chi connectivity index (χ0v) is 24.7. The van der Waals surface area contributed by atoms with E-state index in [1.807, 2.05) is 29.2 Å². The number of hydrogen-bond donors (Lipinski definition) is 3. The van der Waals surface area contributed by atoms with Crippen molar-refractivity contribution in [3.8, 4) is 6.07 Å². The number of nitriles is 1. The van der Waals surface area contributed by atoms with Crippen molar-refractivity contribution < 1.29 is 9.59 Å². The number of pyridine rings is 1. The van der Waals surface area contributed by atoms with E-state index in [1.54, 1.807) is 12.3 Å². The number of anilines is 4. The topological polar surface area (TPSA) is 117 Å². The minimum atomic E-state index is -0.275. The van der Waals surface area contributed by atoms with Crippen molar-refractivity contribution in [1.29, 1.82) is 5.26 Å². The van der Waals surface area contributed by atoms with Crippen LogP contribution in [0.3, 0.4) is 0 Å². The van der Waals surface area contributed by atoms with Crippen LogP contribution in [-0.2, 0) is 4.79 Å². The van der Waals surface area contributed by atoms with Crippen LogP contribution in [0, 0.1) is 17.2 Å². The van der Waals surface area contributed by atoms with Crippen molar-refractivity contribution in [1.82, 2.24) is 15.2 Å². The van der Waals surface area contributed by atoms with Gasteiger partial charge in [-0.05, 0) is 94.8 Å². The molecule has 2 saturated carbocycles. The lowest BCUT2D eigenvalue weighted by molar-refractivity contribution is -0.111. The first-order chi connectivity index (χ1) is 20.3. The normalized spacial score (nSPS) is 22.5. The van der Waals surface area contributed by atoms with Crippen LogP contribution < -0.4 is 25.8 Å². The smallest absolute Gasteiger partial charge is 0.322 e. The molecule has 0 spiro atoms. The monoisotopic (exact) mass is 570 g/mol. The SMILES string of the molecule is C=CC(=O)Nc1cc(N(C(=O)NCC2CC2)C2CCC(Nc3ccc(C#N)cn3)CC2)ccc1N1CCN(C)[C@@H](C)C1. The predicted molar refractivity (Wildman–Crippen MR) is 167 cm³/mol. The summed E-state index contributed by atoms with van der Waals surface area (Å²) < 4.78 is 0. The van der Waals surface area contributed by atoms with Crippen molar-refractivity contribution >= 4 is 34.8 Å². The highest BCUT2D eigenvalue weighted by Gasteiger charge is 2.32. The number of urea groups is 1. The molecule has 3 N–H and O–H groups in total. The first kappa shape index (κ1) is 29.4. The zero-order chi connectivity index (χ0) is 29.6. The summed E-state index contributed by atoms with van der Waals surface area (Å²) in [7, 11) is 2.13. The Morgan fingerprint density at radius 1 is 1.14 bits per heavy atom. The fourth-order valence-electron chi connectivity index (χ4n) is 5.87. The van der Waals surface area contributed by atoms with Gasteiger partial charge in [-0.3, -0.25) is 9.69 Å². The lowest BCUT2D eigenvalue weighted by Gasteiger charge is -2.40. The van der Waals surface area contributed by atoms with Gasteiger partial charge in [0.05, 0.1) is 16.9 Å². The average molecular weight is 571 g/mol. The summed E-state index contributed by atoms with van der Waals surface area (Å²) in [6.07, 6.45) is 8.61. The van der Waals surface area contributed by atoms with Gasteiger partial charge >= 0.3 is 6.03 Å². The van der Waals surface area contributed by atoms with Crippen molar-refractivity contribution in [2.24, 2.45) is 5.92 Å². The van der Waals surface area contributed by atoms with Crippen molar-refractivity contribution in [3.63, 3.8) is 0 Å². The molecule has 0 bridgehead atoms. The van der Waals surface area contributed by atoms with Gasteiger partial charge < -0.3 is 25.8 Å². The van der Waals surface area contributed by atoms with E-state index in [1.165, 1.54) is 6.08 Å². The van der Waals surface area contributed by atoms with Crippen LogP contribution in [0.25, 0.3) is 0 Å². The van der Waals surface area contributed by atoms with Gasteiger partial charge in [0, 0.05) is 56.2 Å². The third-order valence-corrected chi connectivity index (χ3v) is 8.77. The molecule has 1 saturated heterocycles. The highest BCUT2D eigenvalue weighted by Crippen LogP contribution is 2.36. The fraction of sp³-hybridized carbons (Fsp3) is 0.500. The van der Waals surface area contributed by atoms with E-state index in [2.05, 4.69) is 57.4 Å². The van der Waals surface area contributed by atoms with E-state index in [0.29, 0.717) is 29.8 Å². The van der Waals surface area contributed by atoms with Crippen LogP contribution >= 0.6 is 0 Å². The first-order valence-electron chi connectivity index (χ1n) is 15.1. The summed E-state index contributed by atoms with van der Waals surface area (Å²) in [5.41, 5.74) is 2.96.